The van der Waals surface area contributed by atoms with Gasteiger partial charge in [-0.15, -0.1) is 0 Å². The molecule has 0 aliphatic carbocycles. The summed E-state index contributed by atoms with van der Waals surface area (Å²) in [5.41, 5.74) is 2.16. The molecule has 9 heteroatoms. The van der Waals surface area contributed by atoms with E-state index >= 15 is 0 Å². The number of rotatable bonds is 13. The van der Waals surface area contributed by atoms with Gasteiger partial charge in [-0.25, -0.2) is 22.5 Å². The molecule has 0 aliphatic heterocycles. The fraction of sp³-hybridized carbons (Fsp3) is 0.450. The number of halogens is 1. The van der Waals surface area contributed by atoms with E-state index in [0.29, 0.717) is 45.1 Å². The third-order valence-corrected chi connectivity index (χ3v) is 4.73. The summed E-state index contributed by atoms with van der Waals surface area (Å²) in [6.45, 7) is 4.45. The minimum atomic E-state index is -3.16. The van der Waals surface area contributed by atoms with Crippen LogP contribution in [0.3, 0.4) is 0 Å². The first kappa shape index (κ1) is 23.2. The molecule has 0 fully saturated rings. The predicted octanol–water partition coefficient (Wildman–Crippen LogP) is 1.89. The molecular formula is C20H28FN3O4S. The van der Waals surface area contributed by atoms with Gasteiger partial charge in [0.15, 0.2) is 0 Å². The number of ether oxygens (including phenoxy) is 2. The molecule has 0 saturated carbocycles. The smallest absolute Gasteiger partial charge is 0.213 e. The van der Waals surface area contributed by atoms with Gasteiger partial charge in [0.05, 0.1) is 19.1 Å². The molecule has 160 valence electrons. The molecule has 0 saturated heterocycles. The average Bonchev–Trinajstić information content (AvgIpc) is 2.68. The molecule has 2 rings (SSSR count). The zero-order chi connectivity index (χ0) is 21.1. The molecule has 0 amide bonds. The van der Waals surface area contributed by atoms with Gasteiger partial charge in [0.2, 0.25) is 15.9 Å². The summed E-state index contributed by atoms with van der Waals surface area (Å²) in [6.07, 6.45) is 2.65. The highest BCUT2D eigenvalue weighted by molar-refractivity contribution is 7.88. The number of hydrogen-bond acceptors (Lipinski definition) is 6. The van der Waals surface area contributed by atoms with Crippen molar-refractivity contribution in [2.75, 3.05) is 32.6 Å². The molecule has 7 nitrogen and oxygen atoms in total. The standard InChI is InChI=1S/C20H28FN3O4S/c1-3-27-15-19(28-20-9-8-18(21)13-23-20)14-22-12-17-6-4-16(5-7-17)10-11-24-29(2,25)26/h4-9,13,19,22,24H,3,10-12,14-15H2,1-2H3. The molecule has 0 aliphatic rings. The minimum absolute atomic E-state index is 0.255. The summed E-state index contributed by atoms with van der Waals surface area (Å²) >= 11 is 0. The Balaban J connectivity index is 1.79. The SMILES string of the molecule is CCOCC(CNCc1ccc(CCNS(C)(=O)=O)cc1)Oc1ccc(F)cn1. The van der Waals surface area contributed by atoms with E-state index in [0.717, 1.165) is 23.6 Å². The molecule has 2 N–H and O–H groups in total. The fourth-order valence-corrected chi connectivity index (χ4v) is 3.04. The van der Waals surface area contributed by atoms with Gasteiger partial charge in [-0.3, -0.25) is 0 Å². The summed E-state index contributed by atoms with van der Waals surface area (Å²) < 4.78 is 48.9. The number of sulfonamides is 1. The lowest BCUT2D eigenvalue weighted by Crippen LogP contribution is -2.35. The molecule has 1 unspecified atom stereocenters. The van der Waals surface area contributed by atoms with E-state index < -0.39 is 15.8 Å². The molecule has 0 radical (unpaired) electrons. The van der Waals surface area contributed by atoms with Crippen molar-refractivity contribution in [3.05, 3.63) is 59.5 Å². The Labute approximate surface area is 171 Å². The van der Waals surface area contributed by atoms with Crippen LogP contribution >= 0.6 is 0 Å². The van der Waals surface area contributed by atoms with E-state index in [9.17, 15) is 12.8 Å². The van der Waals surface area contributed by atoms with Gasteiger partial charge in [-0.1, -0.05) is 24.3 Å². The van der Waals surface area contributed by atoms with Crippen LogP contribution in [0.4, 0.5) is 4.39 Å². The van der Waals surface area contributed by atoms with Gasteiger partial charge >= 0.3 is 0 Å². The Kier molecular flexibility index (Phi) is 9.46. The molecule has 1 atom stereocenters. The van der Waals surface area contributed by atoms with Crippen LogP contribution in [-0.4, -0.2) is 52.1 Å². The first-order valence-electron chi connectivity index (χ1n) is 9.45. The average molecular weight is 426 g/mol. The highest BCUT2D eigenvalue weighted by Gasteiger charge is 2.12. The monoisotopic (exact) mass is 425 g/mol. The second-order valence-corrected chi connectivity index (χ2v) is 8.41. The molecule has 1 aromatic carbocycles. The molecule has 2 aromatic rings. The third kappa shape index (κ3) is 9.80. The number of pyridine rings is 1. The van der Waals surface area contributed by atoms with Crippen molar-refractivity contribution < 1.29 is 22.3 Å². The van der Waals surface area contributed by atoms with Crippen LogP contribution in [-0.2, 0) is 27.7 Å². The van der Waals surface area contributed by atoms with Crippen LogP contribution in [0.15, 0.2) is 42.6 Å². The minimum Gasteiger partial charge on any atom is -0.471 e. The fourth-order valence-electron chi connectivity index (χ4n) is 2.57. The van der Waals surface area contributed by atoms with Crippen molar-refractivity contribution in [3.63, 3.8) is 0 Å². The Morgan fingerprint density at radius 2 is 1.86 bits per heavy atom. The lowest BCUT2D eigenvalue weighted by atomic mass is 10.1. The van der Waals surface area contributed by atoms with Crippen molar-refractivity contribution in [3.8, 4) is 5.88 Å². The maximum absolute atomic E-state index is 13.0. The second-order valence-electron chi connectivity index (χ2n) is 6.58. The van der Waals surface area contributed by atoms with Crippen LogP contribution in [0.25, 0.3) is 0 Å². The van der Waals surface area contributed by atoms with Gasteiger partial charge in [0.1, 0.15) is 11.9 Å². The topological polar surface area (TPSA) is 89.6 Å². The largest absolute Gasteiger partial charge is 0.471 e. The van der Waals surface area contributed by atoms with Crippen molar-refractivity contribution >= 4 is 10.0 Å². The van der Waals surface area contributed by atoms with E-state index in [2.05, 4.69) is 15.0 Å². The first-order valence-corrected chi connectivity index (χ1v) is 11.3. The van der Waals surface area contributed by atoms with Crippen LogP contribution in [0, 0.1) is 5.82 Å². The third-order valence-electron chi connectivity index (χ3n) is 4.00. The molecule has 1 heterocycles. The van der Waals surface area contributed by atoms with Crippen LogP contribution in [0.5, 0.6) is 5.88 Å². The summed E-state index contributed by atoms with van der Waals surface area (Å²) in [5, 5.41) is 3.33. The number of benzene rings is 1. The van der Waals surface area contributed by atoms with E-state index in [1.54, 1.807) is 0 Å². The summed E-state index contributed by atoms with van der Waals surface area (Å²) in [5.74, 6) is -0.0580. The zero-order valence-electron chi connectivity index (χ0n) is 16.7. The van der Waals surface area contributed by atoms with Crippen molar-refractivity contribution in [2.24, 2.45) is 0 Å². The molecule has 1 aromatic heterocycles. The summed E-state index contributed by atoms with van der Waals surface area (Å²) in [6, 6.07) is 10.8. The molecule has 29 heavy (non-hydrogen) atoms. The molecular weight excluding hydrogens is 397 g/mol. The number of nitrogens with zero attached hydrogens (tertiary/aromatic N) is 1. The number of nitrogens with one attached hydrogen (secondary N) is 2. The highest BCUT2D eigenvalue weighted by atomic mass is 32.2. The van der Waals surface area contributed by atoms with Crippen molar-refractivity contribution in [1.82, 2.24) is 15.0 Å². The summed E-state index contributed by atoms with van der Waals surface area (Å²) in [7, 11) is -3.16. The Morgan fingerprint density at radius 1 is 1.14 bits per heavy atom. The van der Waals surface area contributed by atoms with Crippen LogP contribution in [0.1, 0.15) is 18.1 Å². The maximum atomic E-state index is 13.0. The van der Waals surface area contributed by atoms with Gasteiger partial charge < -0.3 is 14.8 Å². The zero-order valence-corrected chi connectivity index (χ0v) is 17.5. The van der Waals surface area contributed by atoms with Crippen molar-refractivity contribution in [1.29, 1.82) is 0 Å². The number of aromatic nitrogens is 1. The lowest BCUT2D eigenvalue weighted by molar-refractivity contribution is 0.0539. The lowest BCUT2D eigenvalue weighted by Gasteiger charge is -2.19. The van der Waals surface area contributed by atoms with E-state index in [4.69, 9.17) is 9.47 Å². The van der Waals surface area contributed by atoms with Gasteiger partial charge in [0.25, 0.3) is 0 Å². The Morgan fingerprint density at radius 3 is 2.48 bits per heavy atom. The van der Waals surface area contributed by atoms with Crippen LogP contribution in [0.2, 0.25) is 0 Å². The maximum Gasteiger partial charge on any atom is 0.213 e. The quantitative estimate of drug-likeness (QED) is 0.509. The van der Waals surface area contributed by atoms with Crippen LogP contribution < -0.4 is 14.8 Å². The van der Waals surface area contributed by atoms with E-state index in [1.165, 1.54) is 12.1 Å². The van der Waals surface area contributed by atoms with E-state index in [1.807, 2.05) is 31.2 Å². The highest BCUT2D eigenvalue weighted by Crippen LogP contribution is 2.10. The molecule has 0 bridgehead atoms. The summed E-state index contributed by atoms with van der Waals surface area (Å²) in [4.78, 5) is 3.92. The van der Waals surface area contributed by atoms with E-state index in [-0.39, 0.29) is 6.10 Å². The Hall–Kier alpha value is -2.07. The predicted molar refractivity (Wildman–Crippen MR) is 110 cm³/mol. The first-order chi connectivity index (χ1) is 13.9. The van der Waals surface area contributed by atoms with Gasteiger partial charge in [-0.2, -0.15) is 0 Å². The van der Waals surface area contributed by atoms with Crippen molar-refractivity contribution in [2.45, 2.75) is 26.0 Å². The normalized spacial score (nSPS) is 12.7. The van der Waals surface area contributed by atoms with Gasteiger partial charge in [-0.05, 0) is 30.5 Å². The second kappa shape index (κ2) is 11.8. The number of hydrogen-bond donors (Lipinski definition) is 2. The van der Waals surface area contributed by atoms with Gasteiger partial charge in [0, 0.05) is 32.3 Å². The molecule has 0 spiro atoms. The Bertz CT molecular complexity index is 830.